The quantitative estimate of drug-likeness (QED) is 0.366. The van der Waals surface area contributed by atoms with Gasteiger partial charge in [-0.3, -0.25) is 0 Å². The molecule has 6 heteroatoms. The average molecular weight is 547 g/mol. The number of hydrogen-bond donors (Lipinski definition) is 0. The molecule has 1 aliphatic carbocycles. The van der Waals surface area contributed by atoms with Crippen molar-refractivity contribution in [2.24, 2.45) is 5.41 Å². The van der Waals surface area contributed by atoms with Crippen LogP contribution in [-0.2, 0) is 23.2 Å². The Balaban J connectivity index is 0. The maximum absolute atomic E-state index is 3.10. The molecular weight excluding hydrogens is 512 g/mol. The first-order chi connectivity index (χ1) is 8.70. The Morgan fingerprint density at radius 1 is 0.773 bits per heavy atom. The fourth-order valence-electron chi connectivity index (χ4n) is 3.27. The zero-order chi connectivity index (χ0) is 16.1. The Morgan fingerprint density at radius 3 is 1.36 bits per heavy atom. The summed E-state index contributed by atoms with van der Waals surface area (Å²) in [5.41, 5.74) is 5.15. The standard InChI is InChI=1S/C10H15.C6H18NSi2.2ClH.Hf/c1-7-6-10(4,5)9(3)8(7)2;1-8(2,3)7-9(4,5)6;;;/h1-5H3;1-6H3;2*1H;/q;-1;;;+1. The first-order valence-electron chi connectivity index (χ1n) is 7.67. The van der Waals surface area contributed by atoms with Gasteiger partial charge in [-0.05, 0) is 0 Å². The molecule has 0 unspecified atom stereocenters. The van der Waals surface area contributed by atoms with Crippen LogP contribution in [0.5, 0.6) is 0 Å². The van der Waals surface area contributed by atoms with Crippen molar-refractivity contribution in [2.75, 3.05) is 0 Å². The van der Waals surface area contributed by atoms with Crippen molar-refractivity contribution in [3.63, 3.8) is 0 Å². The van der Waals surface area contributed by atoms with Gasteiger partial charge in [-0.2, -0.15) is 0 Å². The summed E-state index contributed by atoms with van der Waals surface area (Å²) in [5.74, 6) is 0. The van der Waals surface area contributed by atoms with E-state index in [1.165, 1.54) is 0 Å². The molecule has 0 aromatic rings. The van der Waals surface area contributed by atoms with Gasteiger partial charge in [0.2, 0.25) is 0 Å². The van der Waals surface area contributed by atoms with E-state index in [1.807, 2.05) is 3.33 Å². The summed E-state index contributed by atoms with van der Waals surface area (Å²) >= 11 is -0.930. The second kappa shape index (κ2) is 8.14. The van der Waals surface area contributed by atoms with Gasteiger partial charge in [0.05, 0.1) is 0 Å². The molecular formula is C16H35Cl2HfNSi2. The van der Waals surface area contributed by atoms with E-state index in [0.29, 0.717) is 5.41 Å². The Labute approximate surface area is 165 Å². The van der Waals surface area contributed by atoms with Crippen LogP contribution in [0.25, 0.3) is 0 Å². The van der Waals surface area contributed by atoms with Crippen molar-refractivity contribution in [3.8, 4) is 0 Å². The molecule has 0 N–H and O–H groups in total. The molecule has 130 valence electrons. The van der Waals surface area contributed by atoms with E-state index in [9.17, 15) is 0 Å². The smallest absolute Gasteiger partial charge is 0.147 e. The zero-order valence-electron chi connectivity index (χ0n) is 16.3. The molecule has 0 heterocycles. The zero-order valence-corrected chi connectivity index (χ0v) is 23.5. The van der Waals surface area contributed by atoms with E-state index in [2.05, 4.69) is 76.1 Å². The normalized spacial score (nSPS) is 18.4. The molecule has 0 amide bonds. The van der Waals surface area contributed by atoms with E-state index in [1.54, 1.807) is 16.7 Å². The van der Waals surface area contributed by atoms with Crippen molar-refractivity contribution < 1.29 is 23.2 Å². The van der Waals surface area contributed by atoms with E-state index in [4.69, 9.17) is 0 Å². The van der Waals surface area contributed by atoms with Crippen molar-refractivity contribution in [1.29, 1.82) is 0 Å². The van der Waals surface area contributed by atoms with Crippen LogP contribution in [0, 0.1) is 5.41 Å². The van der Waals surface area contributed by atoms with Gasteiger partial charge in [0.15, 0.2) is 0 Å². The first kappa shape index (κ1) is 25.6. The Morgan fingerprint density at radius 2 is 1.14 bits per heavy atom. The van der Waals surface area contributed by atoms with E-state index in [0.717, 1.165) is 0 Å². The summed E-state index contributed by atoms with van der Waals surface area (Å²) in [5, 5.41) is 0. The topological polar surface area (TPSA) is 3.24 Å². The molecule has 0 bridgehead atoms. The number of halogens is 2. The second-order valence-electron chi connectivity index (χ2n) is 8.66. The van der Waals surface area contributed by atoms with Crippen LogP contribution in [0.15, 0.2) is 20.0 Å². The molecule has 0 aliphatic heterocycles. The number of hydrogen-bond acceptors (Lipinski definition) is 1. The van der Waals surface area contributed by atoms with E-state index in [-0.39, 0.29) is 24.8 Å². The predicted molar refractivity (Wildman–Crippen MR) is 108 cm³/mol. The molecule has 0 radical (unpaired) electrons. The third-order valence-electron chi connectivity index (χ3n) is 4.63. The van der Waals surface area contributed by atoms with Gasteiger partial charge in [0, 0.05) is 0 Å². The van der Waals surface area contributed by atoms with Gasteiger partial charge in [0.25, 0.3) is 0 Å². The van der Waals surface area contributed by atoms with Crippen LogP contribution in [0.3, 0.4) is 0 Å². The van der Waals surface area contributed by atoms with Gasteiger partial charge in [-0.25, -0.2) is 0 Å². The van der Waals surface area contributed by atoms with Crippen molar-refractivity contribution >= 4 is 41.3 Å². The number of nitrogens with zero attached hydrogens (tertiary/aromatic N) is 1. The molecule has 0 aromatic heterocycles. The minimum atomic E-state index is -1.20. The molecule has 1 rings (SSSR count). The van der Waals surface area contributed by atoms with Crippen LogP contribution in [0.2, 0.25) is 39.3 Å². The third kappa shape index (κ3) is 5.16. The molecule has 0 saturated heterocycles. The molecule has 0 fully saturated rings. The fourth-order valence-corrected chi connectivity index (χ4v) is 24.8. The summed E-state index contributed by atoms with van der Waals surface area (Å²) in [4.78, 5) is 0. The van der Waals surface area contributed by atoms with Crippen molar-refractivity contribution in [1.82, 2.24) is 2.22 Å². The van der Waals surface area contributed by atoms with Crippen LogP contribution < -0.4 is 0 Å². The molecule has 0 saturated carbocycles. The van der Waals surface area contributed by atoms with Crippen molar-refractivity contribution in [2.45, 2.75) is 73.9 Å². The minimum absolute atomic E-state index is 0. The summed E-state index contributed by atoms with van der Waals surface area (Å²) in [6, 6.07) is 0. The van der Waals surface area contributed by atoms with Gasteiger partial charge in [-0.1, -0.05) is 0 Å². The Bertz CT molecular complexity index is 458. The largest absolute Gasteiger partial charge is 0.147 e. The first-order valence-corrected chi connectivity index (χ1v) is 18.0. The van der Waals surface area contributed by atoms with Crippen molar-refractivity contribution in [3.05, 3.63) is 20.0 Å². The average Bonchev–Trinajstić information content (AvgIpc) is 2.35. The molecule has 0 atom stereocenters. The number of allylic oxidation sites excluding steroid dienone is 4. The maximum Gasteiger partial charge on any atom is -0.147 e. The van der Waals surface area contributed by atoms with Gasteiger partial charge in [0.1, 0.15) is 0 Å². The molecule has 1 aliphatic rings. The fraction of sp³-hybridized carbons (Fsp3) is 0.750. The van der Waals surface area contributed by atoms with E-state index < -0.39 is 39.7 Å². The van der Waals surface area contributed by atoms with Crippen LogP contribution in [0.4, 0.5) is 0 Å². The number of rotatable bonds is 4. The predicted octanol–water partition coefficient (Wildman–Crippen LogP) is 6.45. The van der Waals surface area contributed by atoms with Gasteiger partial charge < -0.3 is 0 Å². The molecule has 0 aromatic carbocycles. The summed E-state index contributed by atoms with van der Waals surface area (Å²) < 4.78 is 4.96. The summed E-state index contributed by atoms with van der Waals surface area (Å²) in [6.07, 6.45) is 0. The van der Waals surface area contributed by atoms with Crippen LogP contribution in [0.1, 0.15) is 34.6 Å². The second-order valence-corrected chi connectivity index (χ2v) is 26.1. The summed E-state index contributed by atoms with van der Waals surface area (Å²) in [6.45, 7) is 27.2. The maximum atomic E-state index is 3.10. The monoisotopic (exact) mass is 547 g/mol. The van der Waals surface area contributed by atoms with E-state index >= 15 is 0 Å². The van der Waals surface area contributed by atoms with Gasteiger partial charge in [-0.15, -0.1) is 24.8 Å². The Kier molecular flexibility index (Phi) is 9.45. The SMILES string of the molecule is CC1=C(C)C(C)(C)[C]([Hf][N]([Si](C)(C)C)[Si](C)(C)C)=C1C.Cl.Cl. The minimum Gasteiger partial charge on any atom is -0.147 e. The molecule has 1 nitrogen and oxygen atoms in total. The van der Waals surface area contributed by atoms with Crippen LogP contribution in [-0.4, -0.2) is 18.7 Å². The molecule has 22 heavy (non-hydrogen) atoms. The molecule has 0 spiro atoms. The van der Waals surface area contributed by atoms with Crippen LogP contribution >= 0.6 is 24.8 Å². The summed E-state index contributed by atoms with van der Waals surface area (Å²) in [7, 11) is -2.39. The Hall–Kier alpha value is 1.32. The third-order valence-corrected chi connectivity index (χ3v) is 32.8. The van der Waals surface area contributed by atoms with Gasteiger partial charge >= 0.3 is 141 Å².